The van der Waals surface area contributed by atoms with Gasteiger partial charge in [0.15, 0.2) is 0 Å². The number of thiophene rings is 2. The van der Waals surface area contributed by atoms with Crippen LogP contribution in [0.25, 0.3) is 29.6 Å². The summed E-state index contributed by atoms with van der Waals surface area (Å²) in [6.07, 6.45) is 0. The Bertz CT molecular complexity index is 985. The van der Waals surface area contributed by atoms with Gasteiger partial charge in [-0.2, -0.15) is 0 Å². The summed E-state index contributed by atoms with van der Waals surface area (Å²) in [6.45, 7) is 0. The van der Waals surface area contributed by atoms with Crippen LogP contribution in [-0.4, -0.2) is 36.8 Å². The van der Waals surface area contributed by atoms with E-state index >= 15 is 0 Å². The molecule has 0 N–H and O–H groups in total. The molecule has 0 saturated heterocycles. The van der Waals surface area contributed by atoms with Gasteiger partial charge in [0.25, 0.3) is 0 Å². The molecule has 2 aromatic carbocycles. The number of rotatable bonds is 2. The normalized spacial score (nSPS) is 13.4. The van der Waals surface area contributed by atoms with Gasteiger partial charge in [-0.3, -0.25) is 0 Å². The zero-order valence-corrected chi connectivity index (χ0v) is 22.6. The summed E-state index contributed by atoms with van der Waals surface area (Å²) >= 11 is 0.0271. The molecule has 24 heavy (non-hydrogen) atoms. The molecular weight excluding hydrogens is 542 g/mol. The first-order chi connectivity index (χ1) is 11.1. The predicted octanol–water partition coefficient (Wildman–Crippen LogP) is 6.36. The molecule has 0 spiro atoms. The fourth-order valence-electron chi connectivity index (χ4n) is 3.19. The van der Waals surface area contributed by atoms with Crippen molar-refractivity contribution in [2.24, 2.45) is 0 Å². The Labute approximate surface area is 160 Å². The summed E-state index contributed by atoms with van der Waals surface area (Å²) in [5, 5.41) is 2.94. The molecule has 0 atom stereocenters. The van der Waals surface area contributed by atoms with Crippen LogP contribution >= 0.6 is 22.7 Å². The molecule has 0 aliphatic carbocycles. The van der Waals surface area contributed by atoms with Crippen LogP contribution in [0.1, 0.15) is 0 Å². The van der Waals surface area contributed by atoms with Crippen molar-refractivity contribution in [3.8, 4) is 0 Å². The van der Waals surface area contributed by atoms with E-state index in [0.29, 0.717) is 0 Å². The van der Waals surface area contributed by atoms with Crippen LogP contribution in [-0.2, 0) is 0 Å². The Hall–Kier alpha value is 0.217. The summed E-state index contributed by atoms with van der Waals surface area (Å²) in [6, 6.07) is 14.6. The SMILES string of the molecule is [CH3][Sn]([CH3])([CH3])[c]1ccc2c(c1)sc1c3cc[c]([Sn]([CH3])([CH3])[CH3])cc3sc21. The molecule has 4 rings (SSSR count). The molecule has 2 heterocycles. The number of hydrogen-bond acceptors (Lipinski definition) is 2. The molecule has 4 heteroatoms. The second kappa shape index (κ2) is 5.86. The number of benzene rings is 2. The number of fused-ring (bicyclic) bond motifs is 5. The molecule has 124 valence electrons. The van der Waals surface area contributed by atoms with Gasteiger partial charge in [0.2, 0.25) is 0 Å². The van der Waals surface area contributed by atoms with Gasteiger partial charge in [-0.05, 0) is 0 Å². The topological polar surface area (TPSA) is 0 Å². The Kier molecular flexibility index (Phi) is 4.30. The van der Waals surface area contributed by atoms with Gasteiger partial charge in [-0.15, -0.1) is 0 Å². The van der Waals surface area contributed by atoms with Gasteiger partial charge < -0.3 is 0 Å². The molecule has 0 aliphatic heterocycles. The van der Waals surface area contributed by atoms with E-state index in [-0.39, 0.29) is 0 Å². The van der Waals surface area contributed by atoms with E-state index in [9.17, 15) is 0 Å². The Balaban J connectivity index is 1.98. The zero-order valence-electron chi connectivity index (χ0n) is 15.3. The monoisotopic (exact) mass is 568 g/mol. The fraction of sp³-hybridized carbons (Fsp3) is 0.300. The number of hydrogen-bond donors (Lipinski definition) is 0. The first-order valence-corrected chi connectivity index (χ1v) is 30.2. The van der Waals surface area contributed by atoms with E-state index < -0.39 is 36.8 Å². The van der Waals surface area contributed by atoms with Crippen molar-refractivity contribution in [1.82, 2.24) is 0 Å². The van der Waals surface area contributed by atoms with Gasteiger partial charge in [0.1, 0.15) is 0 Å². The third-order valence-electron chi connectivity index (χ3n) is 4.81. The predicted molar refractivity (Wildman–Crippen MR) is 121 cm³/mol. The second-order valence-corrected chi connectivity index (χ2v) is 39.9. The van der Waals surface area contributed by atoms with Crippen LogP contribution < -0.4 is 7.16 Å². The van der Waals surface area contributed by atoms with Crippen LogP contribution in [0, 0.1) is 0 Å². The first kappa shape index (κ1) is 17.6. The molecule has 0 aliphatic rings. The molecule has 0 saturated carbocycles. The van der Waals surface area contributed by atoms with E-state index in [1.165, 1.54) is 29.6 Å². The van der Waals surface area contributed by atoms with E-state index in [1.54, 1.807) is 7.16 Å². The summed E-state index contributed by atoms with van der Waals surface area (Å²) in [5.41, 5.74) is 0. The molecule has 0 nitrogen and oxygen atoms in total. The third-order valence-corrected chi connectivity index (χ3v) is 19.0. The maximum atomic E-state index is 2.50. The molecule has 0 amide bonds. The minimum absolute atomic E-state index is 1.47. The minimum atomic E-state index is -1.99. The van der Waals surface area contributed by atoms with Crippen LogP contribution in [0.3, 0.4) is 0 Å². The van der Waals surface area contributed by atoms with Crippen molar-refractivity contribution >= 4 is 96.2 Å². The van der Waals surface area contributed by atoms with Gasteiger partial charge in [-0.25, -0.2) is 0 Å². The molecule has 0 radical (unpaired) electrons. The van der Waals surface area contributed by atoms with Crippen molar-refractivity contribution in [1.29, 1.82) is 0 Å². The van der Waals surface area contributed by atoms with Gasteiger partial charge in [-0.1, -0.05) is 0 Å². The summed E-state index contributed by atoms with van der Waals surface area (Å²) in [4.78, 5) is 15.0. The van der Waals surface area contributed by atoms with Crippen molar-refractivity contribution in [2.75, 3.05) is 0 Å². The van der Waals surface area contributed by atoms with Crippen LogP contribution in [0.15, 0.2) is 36.4 Å². The van der Waals surface area contributed by atoms with Crippen molar-refractivity contribution in [3.05, 3.63) is 36.4 Å². The first-order valence-electron chi connectivity index (χ1n) is 8.54. The van der Waals surface area contributed by atoms with Gasteiger partial charge >= 0.3 is 162 Å². The Morgan fingerprint density at radius 1 is 0.583 bits per heavy atom. The average molecular weight is 566 g/mol. The quantitative estimate of drug-likeness (QED) is 0.248. The summed E-state index contributed by atoms with van der Waals surface area (Å²) < 4.78 is 9.25. The third kappa shape index (κ3) is 2.95. The van der Waals surface area contributed by atoms with Crippen molar-refractivity contribution < 1.29 is 0 Å². The van der Waals surface area contributed by atoms with Crippen LogP contribution in [0.2, 0.25) is 29.6 Å². The van der Waals surface area contributed by atoms with E-state index in [4.69, 9.17) is 0 Å². The zero-order chi connectivity index (χ0) is 17.3. The summed E-state index contributed by atoms with van der Waals surface area (Å²) in [7, 11) is 0. The van der Waals surface area contributed by atoms with E-state index in [2.05, 4.69) is 66.0 Å². The second-order valence-electron chi connectivity index (χ2n) is 8.78. The van der Waals surface area contributed by atoms with Crippen molar-refractivity contribution in [3.63, 3.8) is 0 Å². The average Bonchev–Trinajstić information content (AvgIpc) is 2.99. The summed E-state index contributed by atoms with van der Waals surface area (Å²) in [5.74, 6) is 0. The molecule has 2 aromatic heterocycles. The van der Waals surface area contributed by atoms with Crippen LogP contribution in [0.5, 0.6) is 0 Å². The molecule has 0 bridgehead atoms. The standard InChI is InChI=1S/C14H6S2.6CH3.2Sn/c1-3-7-11-9(5-1)13-14(15-11)10-6-2-4-8-12(10)16-13;;;;;;;;/h1-2,5-8H;6*1H3;;. The Morgan fingerprint density at radius 3 is 1.29 bits per heavy atom. The van der Waals surface area contributed by atoms with Crippen LogP contribution in [0.4, 0.5) is 0 Å². The maximum absolute atomic E-state index is 2.50. The molecule has 0 unspecified atom stereocenters. The van der Waals surface area contributed by atoms with Gasteiger partial charge in [0, 0.05) is 0 Å². The molecular formula is C20H24S2Sn2. The van der Waals surface area contributed by atoms with Crippen molar-refractivity contribution in [2.45, 2.75) is 29.6 Å². The Morgan fingerprint density at radius 2 is 0.958 bits per heavy atom. The van der Waals surface area contributed by atoms with E-state index in [0.717, 1.165) is 0 Å². The molecule has 4 aromatic rings. The van der Waals surface area contributed by atoms with Gasteiger partial charge in [0.05, 0.1) is 0 Å². The van der Waals surface area contributed by atoms with E-state index in [1.807, 2.05) is 22.7 Å². The fourth-order valence-corrected chi connectivity index (χ4v) is 13.1. The molecule has 0 fully saturated rings.